The van der Waals surface area contributed by atoms with Crippen molar-refractivity contribution in [3.05, 3.63) is 22.7 Å². The number of pyridine rings is 1. The van der Waals surface area contributed by atoms with Gasteiger partial charge in [0.1, 0.15) is 5.75 Å². The lowest BCUT2D eigenvalue weighted by Gasteiger charge is -2.02. The van der Waals surface area contributed by atoms with Gasteiger partial charge in [-0.2, -0.15) is 4.39 Å². The van der Waals surface area contributed by atoms with Gasteiger partial charge in [0.2, 0.25) is 5.95 Å². The summed E-state index contributed by atoms with van der Waals surface area (Å²) in [5.41, 5.74) is -1.00. The maximum Gasteiger partial charge on any atom is 0.284 e. The molecule has 0 aliphatic heterocycles. The van der Waals surface area contributed by atoms with Gasteiger partial charge in [0, 0.05) is 6.07 Å². The molecule has 66 valence electrons. The standard InChI is InChI=1S/C6H3ClF3NO/c7-2-1-3(12)4(5(8)9)11-6(2)10/h1,5,12H. The van der Waals surface area contributed by atoms with E-state index in [1.54, 1.807) is 0 Å². The summed E-state index contributed by atoms with van der Waals surface area (Å²) in [4.78, 5) is 2.77. The first-order chi connectivity index (χ1) is 5.52. The van der Waals surface area contributed by atoms with Crippen LogP contribution in [0.25, 0.3) is 0 Å². The first-order valence-corrected chi connectivity index (χ1v) is 3.23. The number of halogens is 4. The molecule has 1 rings (SSSR count). The van der Waals surface area contributed by atoms with Gasteiger partial charge in [-0.3, -0.25) is 0 Å². The number of hydrogen-bond donors (Lipinski definition) is 1. The molecule has 0 unspecified atom stereocenters. The Hall–Kier alpha value is -0.970. The highest BCUT2D eigenvalue weighted by atomic mass is 35.5. The van der Waals surface area contributed by atoms with Gasteiger partial charge in [0.05, 0.1) is 5.02 Å². The molecule has 6 heteroatoms. The third kappa shape index (κ3) is 1.61. The molecule has 1 aromatic rings. The maximum absolute atomic E-state index is 12.4. The topological polar surface area (TPSA) is 33.1 Å². The number of hydrogen-bond acceptors (Lipinski definition) is 2. The van der Waals surface area contributed by atoms with Gasteiger partial charge in [0.25, 0.3) is 6.43 Å². The molecule has 0 saturated heterocycles. The predicted molar refractivity (Wildman–Crippen MR) is 35.8 cm³/mol. The van der Waals surface area contributed by atoms with Crippen molar-refractivity contribution in [3.63, 3.8) is 0 Å². The van der Waals surface area contributed by atoms with Crippen molar-refractivity contribution in [1.82, 2.24) is 4.98 Å². The van der Waals surface area contributed by atoms with Gasteiger partial charge in [-0.05, 0) is 0 Å². The Balaban J connectivity index is 3.23. The van der Waals surface area contributed by atoms with Crippen molar-refractivity contribution in [2.75, 3.05) is 0 Å². The largest absolute Gasteiger partial charge is 0.506 e. The molecule has 0 atom stereocenters. The Morgan fingerprint density at radius 1 is 1.50 bits per heavy atom. The maximum atomic E-state index is 12.4. The summed E-state index contributed by atoms with van der Waals surface area (Å²) < 4.78 is 36.2. The fraction of sp³-hybridized carbons (Fsp3) is 0.167. The van der Waals surface area contributed by atoms with Crippen LogP contribution in [0.15, 0.2) is 6.07 Å². The van der Waals surface area contributed by atoms with Gasteiger partial charge >= 0.3 is 0 Å². The minimum Gasteiger partial charge on any atom is -0.506 e. The molecule has 0 bridgehead atoms. The quantitative estimate of drug-likeness (QED) is 0.702. The van der Waals surface area contributed by atoms with Crippen molar-refractivity contribution < 1.29 is 18.3 Å². The van der Waals surface area contributed by atoms with Crippen molar-refractivity contribution >= 4 is 11.6 Å². The summed E-state index contributed by atoms with van der Waals surface area (Å²) in [6.45, 7) is 0. The van der Waals surface area contributed by atoms with E-state index < -0.39 is 28.8 Å². The number of alkyl halides is 2. The second kappa shape index (κ2) is 3.18. The van der Waals surface area contributed by atoms with Crippen LogP contribution >= 0.6 is 11.6 Å². The monoisotopic (exact) mass is 197 g/mol. The summed E-state index contributed by atoms with van der Waals surface area (Å²) in [5.74, 6) is -2.03. The molecule has 2 nitrogen and oxygen atoms in total. The van der Waals surface area contributed by atoms with Crippen LogP contribution in [0, 0.1) is 5.95 Å². The number of aromatic nitrogens is 1. The average molecular weight is 198 g/mol. The van der Waals surface area contributed by atoms with Crippen LogP contribution in [0.5, 0.6) is 5.75 Å². The third-order valence-corrected chi connectivity index (χ3v) is 1.41. The van der Waals surface area contributed by atoms with Crippen LogP contribution in [0.3, 0.4) is 0 Å². The SMILES string of the molecule is Oc1cc(Cl)c(F)nc1C(F)F. The molecule has 0 aliphatic carbocycles. The first kappa shape index (κ1) is 9.12. The molecule has 12 heavy (non-hydrogen) atoms. The molecule has 1 aromatic heterocycles. The summed E-state index contributed by atoms with van der Waals surface area (Å²) in [6, 6.07) is 0.686. The summed E-state index contributed by atoms with van der Waals surface area (Å²) in [5, 5.41) is 8.30. The Morgan fingerprint density at radius 3 is 2.58 bits per heavy atom. The summed E-state index contributed by atoms with van der Waals surface area (Å²) in [6.07, 6.45) is -3.02. The van der Waals surface area contributed by atoms with E-state index in [1.807, 2.05) is 0 Å². The fourth-order valence-corrected chi connectivity index (χ4v) is 0.776. The smallest absolute Gasteiger partial charge is 0.284 e. The fourth-order valence-electron chi connectivity index (χ4n) is 0.631. The molecular formula is C6H3ClF3NO. The first-order valence-electron chi connectivity index (χ1n) is 2.85. The second-order valence-electron chi connectivity index (χ2n) is 1.97. The highest BCUT2D eigenvalue weighted by Crippen LogP contribution is 2.29. The van der Waals surface area contributed by atoms with Crippen molar-refractivity contribution in [3.8, 4) is 5.75 Å². The van der Waals surface area contributed by atoms with Crippen LogP contribution < -0.4 is 0 Å². The zero-order valence-corrected chi connectivity index (χ0v) is 6.32. The van der Waals surface area contributed by atoms with Crippen LogP contribution in [-0.2, 0) is 0 Å². The predicted octanol–water partition coefficient (Wildman–Crippen LogP) is 2.52. The lowest BCUT2D eigenvalue weighted by Crippen LogP contribution is -1.94. The minimum absolute atomic E-state index is 0.489. The van der Waals surface area contributed by atoms with E-state index in [2.05, 4.69) is 4.98 Å². The number of rotatable bonds is 1. The average Bonchev–Trinajstić information content (AvgIpc) is 1.96. The van der Waals surface area contributed by atoms with Gasteiger partial charge < -0.3 is 5.11 Å². The molecule has 0 amide bonds. The number of nitrogens with zero attached hydrogens (tertiary/aromatic N) is 1. The Morgan fingerprint density at radius 2 is 2.08 bits per heavy atom. The van der Waals surface area contributed by atoms with Crippen LogP contribution in [0.2, 0.25) is 5.02 Å². The van der Waals surface area contributed by atoms with Crippen molar-refractivity contribution in [1.29, 1.82) is 0 Å². The number of aromatic hydroxyl groups is 1. The Kier molecular flexibility index (Phi) is 2.42. The Labute approximate surface area is 70.6 Å². The normalized spacial score (nSPS) is 10.8. The van der Waals surface area contributed by atoms with Crippen molar-refractivity contribution in [2.24, 2.45) is 0 Å². The highest BCUT2D eigenvalue weighted by molar-refractivity contribution is 6.30. The second-order valence-corrected chi connectivity index (χ2v) is 2.37. The molecule has 0 saturated carbocycles. The van der Waals surface area contributed by atoms with E-state index in [0.29, 0.717) is 6.07 Å². The molecule has 1 heterocycles. The molecule has 0 fully saturated rings. The van der Waals surface area contributed by atoms with E-state index in [1.165, 1.54) is 0 Å². The van der Waals surface area contributed by atoms with Crippen molar-refractivity contribution in [2.45, 2.75) is 6.43 Å². The van der Waals surface area contributed by atoms with Gasteiger partial charge in [-0.1, -0.05) is 11.6 Å². The zero-order valence-electron chi connectivity index (χ0n) is 5.56. The molecule has 0 aromatic carbocycles. The van der Waals surface area contributed by atoms with Crippen LogP contribution in [-0.4, -0.2) is 10.1 Å². The van der Waals surface area contributed by atoms with E-state index in [-0.39, 0.29) is 0 Å². The van der Waals surface area contributed by atoms with E-state index in [0.717, 1.165) is 0 Å². The Bertz CT molecular complexity index is 305. The van der Waals surface area contributed by atoms with E-state index >= 15 is 0 Å². The van der Waals surface area contributed by atoms with Crippen LogP contribution in [0.4, 0.5) is 13.2 Å². The minimum atomic E-state index is -3.02. The lowest BCUT2D eigenvalue weighted by atomic mass is 10.3. The molecule has 0 spiro atoms. The van der Waals surface area contributed by atoms with Gasteiger partial charge in [-0.15, -0.1) is 0 Å². The summed E-state index contributed by atoms with van der Waals surface area (Å²) in [7, 11) is 0. The van der Waals surface area contributed by atoms with Crippen LogP contribution in [0.1, 0.15) is 12.1 Å². The molecule has 1 N–H and O–H groups in total. The highest BCUT2D eigenvalue weighted by Gasteiger charge is 2.17. The zero-order chi connectivity index (χ0) is 9.30. The van der Waals surface area contributed by atoms with E-state index in [9.17, 15) is 13.2 Å². The molecule has 0 aliphatic rings. The van der Waals surface area contributed by atoms with E-state index in [4.69, 9.17) is 16.7 Å². The molecular weight excluding hydrogens is 195 g/mol. The van der Waals surface area contributed by atoms with Gasteiger partial charge in [-0.25, -0.2) is 13.8 Å². The van der Waals surface area contributed by atoms with Gasteiger partial charge in [0.15, 0.2) is 5.69 Å². The molecule has 0 radical (unpaired) electrons. The third-order valence-electron chi connectivity index (χ3n) is 1.15. The lowest BCUT2D eigenvalue weighted by molar-refractivity contribution is 0.140. The summed E-state index contributed by atoms with van der Waals surface area (Å²) >= 11 is 5.15.